The molecular weight excluding hydrogens is 359 g/mol. The maximum Gasteiger partial charge on any atom is 0.258 e. The zero-order valence-corrected chi connectivity index (χ0v) is 14.8. The maximum absolute atomic E-state index is 15.0. The normalized spacial score (nSPS) is 17.6. The van der Waals surface area contributed by atoms with E-state index in [-0.39, 0.29) is 37.4 Å². The number of nitrogens with one attached hydrogen (secondary N) is 1. The van der Waals surface area contributed by atoms with Crippen molar-refractivity contribution in [2.75, 3.05) is 13.1 Å². The first-order chi connectivity index (χ1) is 12.4. The Kier molecular flexibility index (Phi) is 5.28. The van der Waals surface area contributed by atoms with Crippen molar-refractivity contribution in [2.24, 2.45) is 0 Å². The molecule has 3 rings (SSSR count). The van der Waals surface area contributed by atoms with E-state index in [1.165, 1.54) is 28.8 Å². The molecule has 7 nitrogen and oxygen atoms in total. The van der Waals surface area contributed by atoms with Crippen LogP contribution >= 0.6 is 0 Å². The van der Waals surface area contributed by atoms with Crippen molar-refractivity contribution in [3.63, 3.8) is 0 Å². The number of alkyl halides is 1. The molecule has 0 bridgehead atoms. The predicted molar refractivity (Wildman–Crippen MR) is 92.2 cm³/mol. The lowest BCUT2D eigenvalue weighted by Gasteiger charge is -2.34. The lowest BCUT2D eigenvalue weighted by molar-refractivity contribution is -0.135. The van der Waals surface area contributed by atoms with E-state index in [0.717, 1.165) is 5.56 Å². The number of carbonyl (C=O) groups is 1. The van der Waals surface area contributed by atoms with Crippen molar-refractivity contribution in [3.8, 4) is 0 Å². The van der Waals surface area contributed by atoms with Gasteiger partial charge in [-0.1, -0.05) is 0 Å². The standard InChI is InChI=1S/C17H19FN4O3S/c18-17(16(23)21-12-14-3-8-19-9-4-14)5-10-22(11-6-17)26(24,25)15-2-1-7-20-13-15/h1-4,7-9,13H,5-6,10-12H2,(H,21,23). The van der Waals surface area contributed by atoms with Gasteiger partial charge in [0.2, 0.25) is 10.0 Å². The highest BCUT2D eigenvalue weighted by Crippen LogP contribution is 2.30. The number of piperidine rings is 1. The van der Waals surface area contributed by atoms with Gasteiger partial charge < -0.3 is 5.32 Å². The molecule has 1 fully saturated rings. The Balaban J connectivity index is 1.60. The van der Waals surface area contributed by atoms with Crippen molar-refractivity contribution in [1.29, 1.82) is 0 Å². The highest BCUT2D eigenvalue weighted by molar-refractivity contribution is 7.89. The summed E-state index contributed by atoms with van der Waals surface area (Å²) in [5, 5.41) is 2.57. The number of hydrogen-bond donors (Lipinski definition) is 1. The molecule has 0 aliphatic carbocycles. The summed E-state index contributed by atoms with van der Waals surface area (Å²) in [6, 6.07) is 6.44. The highest BCUT2D eigenvalue weighted by atomic mass is 32.2. The minimum Gasteiger partial charge on any atom is -0.349 e. The van der Waals surface area contributed by atoms with Crippen LogP contribution < -0.4 is 5.32 Å². The number of carbonyl (C=O) groups excluding carboxylic acids is 1. The molecule has 2 aromatic heterocycles. The van der Waals surface area contributed by atoms with Crippen LogP contribution in [0.25, 0.3) is 0 Å². The minimum atomic E-state index is -3.73. The van der Waals surface area contributed by atoms with Crippen LogP contribution in [0, 0.1) is 0 Å². The molecule has 0 aromatic carbocycles. The van der Waals surface area contributed by atoms with Crippen molar-refractivity contribution in [2.45, 2.75) is 30.0 Å². The predicted octanol–water partition coefficient (Wildman–Crippen LogP) is 1.29. The van der Waals surface area contributed by atoms with Crippen LogP contribution in [0.5, 0.6) is 0 Å². The third kappa shape index (κ3) is 3.88. The van der Waals surface area contributed by atoms with Crippen LogP contribution in [0.2, 0.25) is 0 Å². The number of halogens is 1. The molecule has 0 spiro atoms. The molecule has 1 amide bonds. The number of pyridine rings is 2. The summed E-state index contributed by atoms with van der Waals surface area (Å²) in [5.41, 5.74) is -1.26. The number of amides is 1. The van der Waals surface area contributed by atoms with Gasteiger partial charge in [0, 0.05) is 57.3 Å². The lowest BCUT2D eigenvalue weighted by atomic mass is 9.93. The highest BCUT2D eigenvalue weighted by Gasteiger charge is 2.44. The monoisotopic (exact) mass is 378 g/mol. The first-order valence-electron chi connectivity index (χ1n) is 8.18. The topological polar surface area (TPSA) is 92.3 Å². The summed E-state index contributed by atoms with van der Waals surface area (Å²) in [6.07, 6.45) is 5.55. The van der Waals surface area contributed by atoms with E-state index in [4.69, 9.17) is 0 Å². The SMILES string of the molecule is O=C(NCc1ccncc1)C1(F)CCN(S(=O)(=O)c2cccnc2)CC1. The van der Waals surface area contributed by atoms with Gasteiger partial charge in [-0.3, -0.25) is 14.8 Å². The van der Waals surface area contributed by atoms with Crippen molar-refractivity contribution in [1.82, 2.24) is 19.6 Å². The number of sulfonamides is 1. The minimum absolute atomic E-state index is 0.0591. The fraction of sp³-hybridized carbons (Fsp3) is 0.353. The van der Waals surface area contributed by atoms with Gasteiger partial charge in [-0.2, -0.15) is 4.31 Å². The smallest absolute Gasteiger partial charge is 0.258 e. The van der Waals surface area contributed by atoms with Crippen molar-refractivity contribution >= 4 is 15.9 Å². The molecule has 1 aliphatic rings. The number of hydrogen-bond acceptors (Lipinski definition) is 5. The second-order valence-electron chi connectivity index (χ2n) is 6.10. The summed E-state index contributed by atoms with van der Waals surface area (Å²) < 4.78 is 41.2. The van der Waals surface area contributed by atoms with Crippen LogP contribution in [0.3, 0.4) is 0 Å². The fourth-order valence-corrected chi connectivity index (χ4v) is 4.20. The zero-order valence-electron chi connectivity index (χ0n) is 14.0. The number of rotatable bonds is 5. The molecule has 9 heteroatoms. The van der Waals surface area contributed by atoms with Gasteiger partial charge in [-0.05, 0) is 29.8 Å². The van der Waals surface area contributed by atoms with Crippen LogP contribution in [0.1, 0.15) is 18.4 Å². The average Bonchev–Trinajstić information content (AvgIpc) is 2.68. The van der Waals surface area contributed by atoms with E-state index in [9.17, 15) is 17.6 Å². The fourth-order valence-electron chi connectivity index (χ4n) is 2.80. The third-order valence-corrected chi connectivity index (χ3v) is 6.28. The molecule has 0 saturated carbocycles. The Hall–Kier alpha value is -2.39. The zero-order chi connectivity index (χ0) is 18.6. The van der Waals surface area contributed by atoms with Gasteiger partial charge in [-0.25, -0.2) is 12.8 Å². The van der Waals surface area contributed by atoms with Crippen LogP contribution in [0.15, 0.2) is 53.9 Å². The van der Waals surface area contributed by atoms with Crippen LogP contribution in [0.4, 0.5) is 4.39 Å². The van der Waals surface area contributed by atoms with Gasteiger partial charge in [0.25, 0.3) is 5.91 Å². The quantitative estimate of drug-likeness (QED) is 0.846. The second-order valence-corrected chi connectivity index (χ2v) is 8.03. The van der Waals surface area contributed by atoms with Gasteiger partial charge in [0.05, 0.1) is 0 Å². The Morgan fingerprint density at radius 1 is 1.15 bits per heavy atom. The summed E-state index contributed by atoms with van der Waals surface area (Å²) in [5.74, 6) is -0.715. The lowest BCUT2D eigenvalue weighted by Crippen LogP contribution is -2.52. The molecule has 0 atom stereocenters. The van der Waals surface area contributed by atoms with Gasteiger partial charge in [-0.15, -0.1) is 0 Å². The Bertz CT molecular complexity index is 854. The number of aromatic nitrogens is 2. The van der Waals surface area contributed by atoms with E-state index in [0.29, 0.717) is 0 Å². The third-order valence-electron chi connectivity index (χ3n) is 4.40. The molecule has 0 radical (unpaired) electrons. The largest absolute Gasteiger partial charge is 0.349 e. The maximum atomic E-state index is 15.0. The molecule has 1 N–H and O–H groups in total. The molecule has 2 aromatic rings. The first kappa shape index (κ1) is 18.4. The number of nitrogens with zero attached hydrogens (tertiary/aromatic N) is 3. The Morgan fingerprint density at radius 3 is 2.46 bits per heavy atom. The van der Waals surface area contributed by atoms with E-state index in [2.05, 4.69) is 15.3 Å². The van der Waals surface area contributed by atoms with Crippen LogP contribution in [-0.4, -0.2) is 47.4 Å². The van der Waals surface area contributed by atoms with E-state index < -0.39 is 21.6 Å². The summed E-state index contributed by atoms with van der Waals surface area (Å²) >= 11 is 0. The van der Waals surface area contributed by atoms with E-state index in [1.54, 1.807) is 24.5 Å². The summed E-state index contributed by atoms with van der Waals surface area (Å²) in [6.45, 7) is 0.0809. The van der Waals surface area contributed by atoms with Crippen LogP contribution in [-0.2, 0) is 21.4 Å². The van der Waals surface area contributed by atoms with Crippen molar-refractivity contribution < 1.29 is 17.6 Å². The molecule has 1 saturated heterocycles. The van der Waals surface area contributed by atoms with E-state index >= 15 is 0 Å². The summed E-state index contributed by atoms with van der Waals surface area (Å²) in [4.78, 5) is 20.0. The Morgan fingerprint density at radius 2 is 1.85 bits per heavy atom. The molecule has 138 valence electrons. The van der Waals surface area contributed by atoms with E-state index in [1.807, 2.05) is 0 Å². The average molecular weight is 378 g/mol. The van der Waals surface area contributed by atoms with Gasteiger partial charge in [0.1, 0.15) is 4.90 Å². The Labute approximate surface area is 151 Å². The molecule has 26 heavy (non-hydrogen) atoms. The molecule has 0 unspecified atom stereocenters. The second kappa shape index (κ2) is 7.46. The van der Waals surface area contributed by atoms with Gasteiger partial charge >= 0.3 is 0 Å². The molecule has 1 aliphatic heterocycles. The summed E-state index contributed by atoms with van der Waals surface area (Å²) in [7, 11) is -3.73. The molecular formula is C17H19FN4O3S. The molecule has 3 heterocycles. The van der Waals surface area contributed by atoms with Gasteiger partial charge in [0.15, 0.2) is 5.67 Å². The first-order valence-corrected chi connectivity index (χ1v) is 9.62. The van der Waals surface area contributed by atoms with Crippen molar-refractivity contribution in [3.05, 3.63) is 54.6 Å².